The van der Waals surface area contributed by atoms with Crippen LogP contribution < -0.4 is 0 Å². The van der Waals surface area contributed by atoms with Crippen LogP contribution in [0.25, 0.3) is 0 Å². The highest BCUT2D eigenvalue weighted by Gasteiger charge is 2.20. The number of rotatable bonds is 5. The van der Waals surface area contributed by atoms with Gasteiger partial charge in [-0.3, -0.25) is 19.7 Å². The molecule has 7 nitrogen and oxygen atoms in total. The van der Waals surface area contributed by atoms with Gasteiger partial charge in [-0.25, -0.2) is 0 Å². The maximum Gasteiger partial charge on any atom is 0.310 e. The number of carbonyl (C=O) groups is 2. The minimum atomic E-state index is -1.21. The summed E-state index contributed by atoms with van der Waals surface area (Å²) in [5.74, 6) is -3.14. The summed E-state index contributed by atoms with van der Waals surface area (Å²) in [6.45, 7) is 1.42. The van der Waals surface area contributed by atoms with Gasteiger partial charge in [-0.05, 0) is 18.6 Å². The molecule has 0 radical (unpaired) electrons. The van der Waals surface area contributed by atoms with Crippen LogP contribution in [-0.2, 0) is 16.0 Å². The van der Waals surface area contributed by atoms with Crippen molar-refractivity contribution in [2.24, 2.45) is 0 Å². The lowest BCUT2D eigenvalue weighted by Gasteiger charge is -2.08. The second-order valence-corrected chi connectivity index (χ2v) is 3.78. The summed E-state index contributed by atoms with van der Waals surface area (Å²) in [7, 11) is 0. The van der Waals surface area contributed by atoms with Crippen LogP contribution in [0.5, 0.6) is 0 Å². The molecule has 1 rings (SSSR count). The van der Waals surface area contributed by atoms with Gasteiger partial charge in [0.2, 0.25) is 0 Å². The average molecular weight is 253 g/mol. The molecule has 0 aromatic heterocycles. The zero-order valence-corrected chi connectivity index (χ0v) is 9.49. The number of aliphatic carboxylic acids is 2. The lowest BCUT2D eigenvalue weighted by Crippen LogP contribution is -2.10. The lowest BCUT2D eigenvalue weighted by atomic mass is 9.97. The highest BCUT2D eigenvalue weighted by Crippen LogP contribution is 2.25. The number of benzene rings is 1. The van der Waals surface area contributed by atoms with Crippen molar-refractivity contribution in [1.29, 1.82) is 0 Å². The molecule has 0 aliphatic carbocycles. The fourth-order valence-corrected chi connectivity index (χ4v) is 1.50. The van der Waals surface area contributed by atoms with Crippen LogP contribution in [0.15, 0.2) is 18.2 Å². The van der Waals surface area contributed by atoms with Crippen molar-refractivity contribution < 1.29 is 24.7 Å². The van der Waals surface area contributed by atoms with E-state index in [0.717, 1.165) is 6.07 Å². The topological polar surface area (TPSA) is 118 Å². The Hall–Kier alpha value is -2.44. The van der Waals surface area contributed by atoms with E-state index >= 15 is 0 Å². The highest BCUT2D eigenvalue weighted by molar-refractivity contribution is 5.77. The van der Waals surface area contributed by atoms with E-state index in [1.54, 1.807) is 0 Å². The first-order valence-electron chi connectivity index (χ1n) is 5.04. The van der Waals surface area contributed by atoms with E-state index in [1.165, 1.54) is 19.1 Å². The first-order valence-corrected chi connectivity index (χ1v) is 5.04. The zero-order valence-electron chi connectivity index (χ0n) is 9.49. The van der Waals surface area contributed by atoms with Crippen molar-refractivity contribution in [2.45, 2.75) is 19.3 Å². The van der Waals surface area contributed by atoms with Crippen LogP contribution in [0.3, 0.4) is 0 Å². The molecular weight excluding hydrogens is 242 g/mol. The van der Waals surface area contributed by atoms with E-state index in [9.17, 15) is 19.7 Å². The Bertz CT molecular complexity index is 510. The van der Waals surface area contributed by atoms with Crippen molar-refractivity contribution >= 4 is 17.6 Å². The van der Waals surface area contributed by atoms with Crippen molar-refractivity contribution in [3.63, 3.8) is 0 Å². The van der Waals surface area contributed by atoms with Crippen LogP contribution in [0.1, 0.15) is 24.0 Å². The third-order valence-electron chi connectivity index (χ3n) is 2.51. The standard InChI is InChI=1S/C11H11NO6/c1-6(11(15)16)7-2-3-9(12(17)18)8(4-7)5-10(13)14/h2-4,6H,5H2,1H3,(H,13,14)(H,15,16)/t6-/m1/s1. The summed E-state index contributed by atoms with van der Waals surface area (Å²) < 4.78 is 0. The third-order valence-corrected chi connectivity index (χ3v) is 2.51. The van der Waals surface area contributed by atoms with Gasteiger partial charge < -0.3 is 10.2 Å². The van der Waals surface area contributed by atoms with E-state index < -0.39 is 29.2 Å². The number of hydrogen-bond donors (Lipinski definition) is 2. The van der Waals surface area contributed by atoms with Gasteiger partial charge in [0, 0.05) is 11.6 Å². The molecule has 0 aliphatic rings. The number of hydrogen-bond acceptors (Lipinski definition) is 4. The highest BCUT2D eigenvalue weighted by atomic mass is 16.6. The Balaban J connectivity index is 3.24. The van der Waals surface area contributed by atoms with Gasteiger partial charge >= 0.3 is 11.9 Å². The van der Waals surface area contributed by atoms with E-state index in [1.807, 2.05) is 0 Å². The van der Waals surface area contributed by atoms with Crippen LogP contribution in [0.4, 0.5) is 5.69 Å². The Morgan fingerprint density at radius 3 is 2.44 bits per heavy atom. The van der Waals surface area contributed by atoms with Crippen LogP contribution in [0, 0.1) is 10.1 Å². The van der Waals surface area contributed by atoms with Gasteiger partial charge in [-0.1, -0.05) is 6.07 Å². The first kappa shape index (κ1) is 13.6. The predicted octanol–water partition coefficient (Wildman–Crippen LogP) is 1.41. The molecule has 1 aromatic rings. The summed E-state index contributed by atoms with van der Waals surface area (Å²) in [5, 5.41) is 28.2. The van der Waals surface area contributed by atoms with Crippen molar-refractivity contribution in [1.82, 2.24) is 0 Å². The van der Waals surface area contributed by atoms with Gasteiger partial charge in [0.05, 0.1) is 17.3 Å². The number of carboxylic acids is 2. The lowest BCUT2D eigenvalue weighted by molar-refractivity contribution is -0.385. The van der Waals surface area contributed by atoms with Crippen molar-refractivity contribution in [3.8, 4) is 0 Å². The maximum atomic E-state index is 10.8. The van der Waals surface area contributed by atoms with Crippen molar-refractivity contribution in [3.05, 3.63) is 39.4 Å². The minimum Gasteiger partial charge on any atom is -0.481 e. The van der Waals surface area contributed by atoms with Gasteiger partial charge in [0.25, 0.3) is 5.69 Å². The number of nitro benzene ring substituents is 1. The predicted molar refractivity (Wildman–Crippen MR) is 60.5 cm³/mol. The Morgan fingerprint density at radius 2 is 2.00 bits per heavy atom. The average Bonchev–Trinajstić information content (AvgIpc) is 2.26. The molecule has 0 aliphatic heterocycles. The SMILES string of the molecule is C[C@@H](C(=O)O)c1ccc([N+](=O)[O-])c(CC(=O)O)c1. The summed E-state index contributed by atoms with van der Waals surface area (Å²) in [6, 6.07) is 3.71. The maximum absolute atomic E-state index is 10.8. The molecular formula is C11H11NO6. The molecule has 1 atom stereocenters. The van der Waals surface area contributed by atoms with E-state index in [-0.39, 0.29) is 11.3 Å². The molecule has 96 valence electrons. The van der Waals surface area contributed by atoms with Crippen LogP contribution in [-0.4, -0.2) is 27.1 Å². The molecule has 0 bridgehead atoms. The van der Waals surface area contributed by atoms with Gasteiger partial charge in [-0.2, -0.15) is 0 Å². The van der Waals surface area contributed by atoms with E-state index in [0.29, 0.717) is 5.56 Å². The fraction of sp³-hybridized carbons (Fsp3) is 0.273. The molecule has 0 saturated heterocycles. The second-order valence-electron chi connectivity index (χ2n) is 3.78. The van der Waals surface area contributed by atoms with Crippen LogP contribution in [0.2, 0.25) is 0 Å². The summed E-state index contributed by atoms with van der Waals surface area (Å²) in [5.41, 5.74) is 0.0150. The smallest absolute Gasteiger partial charge is 0.310 e. The minimum absolute atomic E-state index is 0.00176. The molecule has 0 unspecified atom stereocenters. The molecule has 1 aromatic carbocycles. The number of nitrogens with zero attached hydrogens (tertiary/aromatic N) is 1. The second kappa shape index (κ2) is 5.26. The van der Waals surface area contributed by atoms with Gasteiger partial charge in [0.15, 0.2) is 0 Å². The zero-order chi connectivity index (χ0) is 13.9. The Labute approximate surface area is 102 Å². The molecule has 7 heteroatoms. The molecule has 18 heavy (non-hydrogen) atoms. The normalized spacial score (nSPS) is 11.8. The summed E-state index contributed by atoms with van der Waals surface area (Å²) >= 11 is 0. The van der Waals surface area contributed by atoms with Gasteiger partial charge in [-0.15, -0.1) is 0 Å². The molecule has 0 saturated carbocycles. The summed E-state index contributed by atoms with van der Waals surface area (Å²) in [6.07, 6.45) is -0.517. The van der Waals surface area contributed by atoms with Gasteiger partial charge in [0.1, 0.15) is 0 Å². The van der Waals surface area contributed by atoms with Crippen molar-refractivity contribution in [2.75, 3.05) is 0 Å². The summed E-state index contributed by atoms with van der Waals surface area (Å²) in [4.78, 5) is 31.4. The fourth-order valence-electron chi connectivity index (χ4n) is 1.50. The molecule has 0 heterocycles. The molecule has 2 N–H and O–H groups in total. The molecule has 0 fully saturated rings. The first-order chi connectivity index (χ1) is 8.32. The number of carboxylic acid groups (broad SMARTS) is 2. The Kier molecular flexibility index (Phi) is 3.98. The largest absolute Gasteiger partial charge is 0.481 e. The van der Waals surface area contributed by atoms with E-state index in [4.69, 9.17) is 10.2 Å². The Morgan fingerprint density at radius 1 is 1.39 bits per heavy atom. The monoisotopic (exact) mass is 253 g/mol. The third kappa shape index (κ3) is 3.03. The number of nitro groups is 1. The van der Waals surface area contributed by atoms with E-state index in [2.05, 4.69) is 0 Å². The molecule has 0 spiro atoms. The quantitative estimate of drug-likeness (QED) is 0.605. The van der Waals surface area contributed by atoms with Crippen LogP contribution >= 0.6 is 0 Å². The molecule has 0 amide bonds.